The van der Waals surface area contributed by atoms with E-state index in [1.807, 2.05) is 16.8 Å². The van der Waals surface area contributed by atoms with E-state index in [2.05, 4.69) is 15.4 Å². The highest BCUT2D eigenvalue weighted by Crippen LogP contribution is 2.27. The van der Waals surface area contributed by atoms with E-state index in [0.717, 1.165) is 36.8 Å². The minimum Gasteiger partial charge on any atom is -0.506 e. The zero-order valence-electron chi connectivity index (χ0n) is 15.8. The number of nitrogens with zero attached hydrogens (tertiary/aromatic N) is 4. The van der Waals surface area contributed by atoms with Gasteiger partial charge in [-0.05, 0) is 43.5 Å². The molecule has 0 aliphatic carbocycles. The molecule has 4 heterocycles. The molecule has 29 heavy (non-hydrogen) atoms. The summed E-state index contributed by atoms with van der Waals surface area (Å²) in [6.45, 7) is 1.03. The maximum absolute atomic E-state index is 12.8. The number of ether oxygens (including phenoxy) is 1. The molecule has 1 aliphatic heterocycles. The summed E-state index contributed by atoms with van der Waals surface area (Å²) in [5.41, 5.74) is 2.89. The van der Waals surface area contributed by atoms with Crippen LogP contribution in [0.4, 0.5) is 0 Å². The SMILES string of the molecule is O=C(NCc1cn2cc(O)ccc2n1)c1cccc2c1cnn2C1CCCCO1. The first-order chi connectivity index (χ1) is 14.2. The normalized spacial score (nSPS) is 17.0. The Morgan fingerprint density at radius 2 is 2.17 bits per heavy atom. The lowest BCUT2D eigenvalue weighted by Crippen LogP contribution is -2.23. The number of carbonyl (C=O) groups is 1. The van der Waals surface area contributed by atoms with Crippen molar-refractivity contribution in [2.45, 2.75) is 32.0 Å². The molecule has 8 heteroatoms. The number of amides is 1. The molecule has 0 spiro atoms. The van der Waals surface area contributed by atoms with Crippen molar-refractivity contribution in [1.29, 1.82) is 0 Å². The van der Waals surface area contributed by atoms with E-state index >= 15 is 0 Å². The van der Waals surface area contributed by atoms with Crippen LogP contribution in [0.3, 0.4) is 0 Å². The number of aromatic hydroxyl groups is 1. The Hall–Kier alpha value is -3.39. The molecule has 148 valence electrons. The molecule has 1 aliphatic rings. The third-order valence-electron chi connectivity index (χ3n) is 5.23. The van der Waals surface area contributed by atoms with Gasteiger partial charge in [0.15, 0.2) is 6.23 Å². The molecule has 0 saturated carbocycles. The third-order valence-corrected chi connectivity index (χ3v) is 5.23. The topological polar surface area (TPSA) is 93.7 Å². The molecular weight excluding hydrogens is 370 g/mol. The molecule has 1 amide bonds. The van der Waals surface area contributed by atoms with Crippen LogP contribution in [-0.2, 0) is 11.3 Å². The van der Waals surface area contributed by atoms with Crippen LogP contribution in [0.5, 0.6) is 5.75 Å². The maximum atomic E-state index is 12.8. The molecule has 2 N–H and O–H groups in total. The number of hydrogen-bond acceptors (Lipinski definition) is 5. The molecule has 5 rings (SSSR count). The average Bonchev–Trinajstić information content (AvgIpc) is 3.36. The van der Waals surface area contributed by atoms with Crippen molar-refractivity contribution in [2.24, 2.45) is 0 Å². The van der Waals surface area contributed by atoms with Crippen molar-refractivity contribution in [3.63, 3.8) is 0 Å². The van der Waals surface area contributed by atoms with E-state index in [1.54, 1.807) is 41.2 Å². The van der Waals surface area contributed by atoms with Gasteiger partial charge in [0, 0.05) is 18.2 Å². The Labute approximate surface area is 166 Å². The number of rotatable bonds is 4. The number of pyridine rings is 1. The van der Waals surface area contributed by atoms with Gasteiger partial charge in [-0.25, -0.2) is 9.67 Å². The highest BCUT2D eigenvalue weighted by atomic mass is 16.5. The second-order valence-electron chi connectivity index (χ2n) is 7.22. The summed E-state index contributed by atoms with van der Waals surface area (Å²) in [5, 5.41) is 17.8. The van der Waals surface area contributed by atoms with Crippen LogP contribution in [0.25, 0.3) is 16.6 Å². The van der Waals surface area contributed by atoms with Crippen molar-refractivity contribution in [3.8, 4) is 5.75 Å². The lowest BCUT2D eigenvalue weighted by atomic mass is 10.1. The van der Waals surface area contributed by atoms with Crippen molar-refractivity contribution in [3.05, 3.63) is 60.2 Å². The van der Waals surface area contributed by atoms with Crippen LogP contribution in [0.1, 0.15) is 41.5 Å². The second kappa shape index (κ2) is 7.21. The minimum atomic E-state index is -0.181. The van der Waals surface area contributed by atoms with E-state index in [-0.39, 0.29) is 24.4 Å². The summed E-state index contributed by atoms with van der Waals surface area (Å²) in [5.74, 6) is -0.0178. The minimum absolute atomic E-state index is 0.0750. The molecule has 3 aromatic heterocycles. The Morgan fingerprint density at radius 1 is 1.24 bits per heavy atom. The lowest BCUT2D eigenvalue weighted by molar-refractivity contribution is -0.0366. The average molecular weight is 391 g/mol. The van der Waals surface area contributed by atoms with Gasteiger partial charge in [0.2, 0.25) is 0 Å². The summed E-state index contributed by atoms with van der Waals surface area (Å²) in [6.07, 6.45) is 8.14. The lowest BCUT2D eigenvalue weighted by Gasteiger charge is -2.23. The van der Waals surface area contributed by atoms with Gasteiger partial charge in [-0.3, -0.25) is 4.79 Å². The molecule has 0 radical (unpaired) electrons. The van der Waals surface area contributed by atoms with E-state index in [1.165, 1.54) is 0 Å². The van der Waals surface area contributed by atoms with E-state index in [4.69, 9.17) is 4.74 Å². The molecule has 0 bridgehead atoms. The number of benzene rings is 1. The predicted molar refractivity (Wildman–Crippen MR) is 107 cm³/mol. The van der Waals surface area contributed by atoms with Gasteiger partial charge in [-0.2, -0.15) is 5.10 Å². The van der Waals surface area contributed by atoms with Crippen molar-refractivity contribution in [2.75, 3.05) is 6.61 Å². The smallest absolute Gasteiger partial charge is 0.252 e. The van der Waals surface area contributed by atoms with Gasteiger partial charge in [0.1, 0.15) is 11.4 Å². The zero-order chi connectivity index (χ0) is 19.8. The number of carbonyl (C=O) groups excluding carboxylic acids is 1. The van der Waals surface area contributed by atoms with Gasteiger partial charge in [-0.15, -0.1) is 0 Å². The van der Waals surface area contributed by atoms with Crippen LogP contribution >= 0.6 is 0 Å². The first kappa shape index (κ1) is 17.7. The monoisotopic (exact) mass is 391 g/mol. The third kappa shape index (κ3) is 3.31. The maximum Gasteiger partial charge on any atom is 0.252 e. The van der Waals surface area contributed by atoms with E-state index < -0.39 is 0 Å². The van der Waals surface area contributed by atoms with E-state index in [9.17, 15) is 9.90 Å². The largest absolute Gasteiger partial charge is 0.506 e. The van der Waals surface area contributed by atoms with Crippen LogP contribution in [0.2, 0.25) is 0 Å². The molecule has 1 saturated heterocycles. The molecular formula is C21H21N5O3. The number of aromatic nitrogens is 4. The molecule has 1 fully saturated rings. The first-order valence-electron chi connectivity index (χ1n) is 9.72. The number of nitrogens with one attached hydrogen (secondary N) is 1. The van der Waals surface area contributed by atoms with Crippen molar-refractivity contribution < 1.29 is 14.6 Å². The second-order valence-corrected chi connectivity index (χ2v) is 7.22. The number of imidazole rings is 1. The molecule has 1 unspecified atom stereocenters. The molecule has 1 aromatic carbocycles. The van der Waals surface area contributed by atoms with Gasteiger partial charge in [0.05, 0.1) is 35.7 Å². The number of fused-ring (bicyclic) bond motifs is 2. The van der Waals surface area contributed by atoms with E-state index in [0.29, 0.717) is 16.9 Å². The van der Waals surface area contributed by atoms with Gasteiger partial charge < -0.3 is 19.6 Å². The highest BCUT2D eigenvalue weighted by molar-refractivity contribution is 6.06. The van der Waals surface area contributed by atoms with Crippen molar-refractivity contribution in [1.82, 2.24) is 24.5 Å². The van der Waals surface area contributed by atoms with Gasteiger partial charge >= 0.3 is 0 Å². The predicted octanol–water partition coefficient (Wildman–Crippen LogP) is 3.02. The summed E-state index contributed by atoms with van der Waals surface area (Å²) < 4.78 is 9.45. The quantitative estimate of drug-likeness (QED) is 0.558. The van der Waals surface area contributed by atoms with Gasteiger partial charge in [-0.1, -0.05) is 6.07 Å². The Kier molecular flexibility index (Phi) is 4.40. The fourth-order valence-electron chi connectivity index (χ4n) is 3.80. The zero-order valence-corrected chi connectivity index (χ0v) is 15.8. The summed E-state index contributed by atoms with van der Waals surface area (Å²) in [4.78, 5) is 17.3. The standard InChI is InChI=1S/C21H21N5O3/c27-15-7-8-19-24-14(12-25(19)13-15)10-22-21(28)16-4-3-5-18-17(16)11-23-26(18)20-6-1-2-9-29-20/h3-5,7-8,11-13,20,27H,1-2,6,9-10H2,(H,22,28). The Bertz CT molecular complexity index is 1190. The van der Waals surface area contributed by atoms with Crippen LogP contribution in [0.15, 0.2) is 48.9 Å². The fraction of sp³-hybridized carbons (Fsp3) is 0.286. The van der Waals surface area contributed by atoms with Crippen LogP contribution in [-0.4, -0.2) is 36.8 Å². The first-order valence-corrected chi connectivity index (χ1v) is 9.72. The fourth-order valence-corrected chi connectivity index (χ4v) is 3.80. The number of hydrogen-bond donors (Lipinski definition) is 2. The Morgan fingerprint density at radius 3 is 3.03 bits per heavy atom. The molecule has 4 aromatic rings. The van der Waals surface area contributed by atoms with Crippen LogP contribution in [0, 0.1) is 0 Å². The molecule has 8 nitrogen and oxygen atoms in total. The summed E-state index contributed by atoms with van der Waals surface area (Å²) >= 11 is 0. The highest BCUT2D eigenvalue weighted by Gasteiger charge is 2.20. The Balaban J connectivity index is 1.36. The molecule has 1 atom stereocenters. The van der Waals surface area contributed by atoms with Crippen molar-refractivity contribution >= 4 is 22.5 Å². The van der Waals surface area contributed by atoms with Crippen LogP contribution < -0.4 is 5.32 Å². The summed E-state index contributed by atoms with van der Waals surface area (Å²) in [6, 6.07) is 8.94. The summed E-state index contributed by atoms with van der Waals surface area (Å²) in [7, 11) is 0. The van der Waals surface area contributed by atoms with Gasteiger partial charge in [0.25, 0.3) is 5.91 Å².